The third-order valence-corrected chi connectivity index (χ3v) is 7.54. The second-order valence-electron chi connectivity index (χ2n) is 6.84. The van der Waals surface area contributed by atoms with Gasteiger partial charge in [0.2, 0.25) is 10.0 Å². The molecule has 1 aliphatic carbocycles. The monoisotopic (exact) mass is 406 g/mol. The summed E-state index contributed by atoms with van der Waals surface area (Å²) in [5.74, 6) is -0.0426. The zero-order valence-electron chi connectivity index (χ0n) is 14.9. The molecule has 0 bridgehead atoms. The van der Waals surface area contributed by atoms with Crippen LogP contribution in [-0.4, -0.2) is 55.9 Å². The molecule has 4 rings (SSSR count). The lowest BCUT2D eigenvalue weighted by molar-refractivity contribution is 0.0729. The maximum atomic E-state index is 13.0. The molecule has 1 saturated heterocycles. The number of thiophene rings is 1. The van der Waals surface area contributed by atoms with Crippen molar-refractivity contribution in [1.82, 2.24) is 9.21 Å². The van der Waals surface area contributed by atoms with Crippen LogP contribution in [0.25, 0.3) is 0 Å². The molecule has 144 valence electrons. The minimum atomic E-state index is -3.54. The summed E-state index contributed by atoms with van der Waals surface area (Å²) in [6.07, 6.45) is 2.05. The standard InChI is InChI=1S/C19H22N2O4S2/c22-19(21(17-3-4-17)13-15-7-12-26-14-15)16-1-5-18(6-2-16)27(23,24)20-8-10-25-11-9-20/h1-2,5-7,12,14,17H,3-4,8-11,13H2. The molecule has 0 N–H and O–H groups in total. The molecule has 0 spiro atoms. The number of ether oxygens (including phenoxy) is 1. The van der Waals surface area contributed by atoms with E-state index in [2.05, 4.69) is 5.38 Å². The molecular formula is C19H22N2O4S2. The minimum absolute atomic E-state index is 0.0426. The fourth-order valence-corrected chi connectivity index (χ4v) is 5.27. The number of carbonyl (C=O) groups excluding carboxylic acids is 1. The van der Waals surface area contributed by atoms with Crippen LogP contribution in [0.3, 0.4) is 0 Å². The summed E-state index contributed by atoms with van der Waals surface area (Å²) >= 11 is 1.62. The number of carbonyl (C=O) groups is 1. The van der Waals surface area contributed by atoms with Crippen LogP contribution in [-0.2, 0) is 21.3 Å². The first kappa shape index (κ1) is 18.6. The van der Waals surface area contributed by atoms with Gasteiger partial charge in [-0.2, -0.15) is 15.6 Å². The third-order valence-electron chi connectivity index (χ3n) is 4.89. The molecule has 6 nitrogen and oxygen atoms in total. The molecule has 2 aliphatic rings. The molecule has 1 amide bonds. The van der Waals surface area contributed by atoms with Crippen molar-refractivity contribution < 1.29 is 17.9 Å². The Bertz CT molecular complexity index is 884. The number of sulfonamides is 1. The summed E-state index contributed by atoms with van der Waals surface area (Å²) in [7, 11) is -3.54. The van der Waals surface area contributed by atoms with Gasteiger partial charge in [0, 0.05) is 31.2 Å². The molecule has 1 aliphatic heterocycles. The van der Waals surface area contributed by atoms with E-state index >= 15 is 0 Å². The van der Waals surface area contributed by atoms with Gasteiger partial charge in [-0.25, -0.2) is 8.42 Å². The van der Waals surface area contributed by atoms with E-state index in [-0.39, 0.29) is 16.8 Å². The summed E-state index contributed by atoms with van der Waals surface area (Å²) in [6.45, 7) is 2.14. The van der Waals surface area contributed by atoms with Crippen molar-refractivity contribution in [2.24, 2.45) is 0 Å². The smallest absolute Gasteiger partial charge is 0.254 e. The second-order valence-corrected chi connectivity index (χ2v) is 9.55. The lowest BCUT2D eigenvalue weighted by Crippen LogP contribution is -2.40. The van der Waals surface area contributed by atoms with Gasteiger partial charge in [-0.1, -0.05) is 0 Å². The molecular weight excluding hydrogens is 384 g/mol. The van der Waals surface area contributed by atoms with E-state index in [0.717, 1.165) is 18.4 Å². The Morgan fingerprint density at radius 3 is 2.44 bits per heavy atom. The molecule has 1 aromatic heterocycles. The van der Waals surface area contributed by atoms with E-state index in [4.69, 9.17) is 4.74 Å². The molecule has 1 saturated carbocycles. The molecule has 0 radical (unpaired) electrons. The van der Waals surface area contributed by atoms with Gasteiger partial charge in [-0.15, -0.1) is 0 Å². The molecule has 8 heteroatoms. The van der Waals surface area contributed by atoms with Gasteiger partial charge < -0.3 is 9.64 Å². The molecule has 1 aromatic carbocycles. The lowest BCUT2D eigenvalue weighted by atomic mass is 10.2. The van der Waals surface area contributed by atoms with Crippen molar-refractivity contribution in [2.75, 3.05) is 26.3 Å². The minimum Gasteiger partial charge on any atom is -0.379 e. The zero-order valence-corrected chi connectivity index (χ0v) is 16.5. The largest absolute Gasteiger partial charge is 0.379 e. The number of rotatable bonds is 6. The fourth-order valence-electron chi connectivity index (χ4n) is 3.20. The van der Waals surface area contributed by atoms with Crippen LogP contribution in [0, 0.1) is 0 Å². The number of benzene rings is 1. The highest BCUT2D eigenvalue weighted by Gasteiger charge is 2.33. The van der Waals surface area contributed by atoms with E-state index in [1.807, 2.05) is 16.3 Å². The van der Waals surface area contributed by atoms with E-state index in [1.54, 1.807) is 23.5 Å². The van der Waals surface area contributed by atoms with Crippen LogP contribution >= 0.6 is 11.3 Å². The highest BCUT2D eigenvalue weighted by molar-refractivity contribution is 7.89. The van der Waals surface area contributed by atoms with Crippen LogP contribution in [0.15, 0.2) is 46.0 Å². The molecule has 27 heavy (non-hydrogen) atoms. The summed E-state index contributed by atoms with van der Waals surface area (Å²) in [5.41, 5.74) is 1.66. The second kappa shape index (κ2) is 7.71. The quantitative estimate of drug-likeness (QED) is 0.740. The molecule has 0 unspecified atom stereocenters. The van der Waals surface area contributed by atoms with Crippen molar-refractivity contribution in [1.29, 1.82) is 0 Å². The van der Waals surface area contributed by atoms with Crippen LogP contribution in [0.5, 0.6) is 0 Å². The van der Waals surface area contributed by atoms with Crippen LogP contribution in [0.4, 0.5) is 0 Å². The number of hydrogen-bond acceptors (Lipinski definition) is 5. The first-order valence-corrected chi connectivity index (χ1v) is 11.4. The highest BCUT2D eigenvalue weighted by atomic mass is 32.2. The average molecular weight is 407 g/mol. The number of amides is 1. The first-order valence-electron chi connectivity index (χ1n) is 9.06. The molecule has 2 fully saturated rings. The summed E-state index contributed by atoms with van der Waals surface area (Å²) in [4.78, 5) is 15.1. The highest BCUT2D eigenvalue weighted by Crippen LogP contribution is 2.30. The summed E-state index contributed by atoms with van der Waals surface area (Å²) in [5, 5.41) is 4.07. The van der Waals surface area contributed by atoms with Crippen molar-refractivity contribution >= 4 is 27.3 Å². The maximum Gasteiger partial charge on any atom is 0.254 e. The SMILES string of the molecule is O=C(c1ccc(S(=O)(=O)N2CCOCC2)cc1)N(Cc1ccsc1)C1CC1. The number of morpholine rings is 1. The molecule has 2 aromatic rings. The molecule has 2 heterocycles. The Hall–Kier alpha value is -1.74. The van der Waals surface area contributed by atoms with Gasteiger partial charge >= 0.3 is 0 Å². The van der Waals surface area contributed by atoms with Gasteiger partial charge in [0.15, 0.2) is 0 Å². The van der Waals surface area contributed by atoms with Gasteiger partial charge in [0.1, 0.15) is 0 Å². The maximum absolute atomic E-state index is 13.0. The van der Waals surface area contributed by atoms with Gasteiger partial charge in [-0.05, 0) is 59.5 Å². The summed E-state index contributed by atoms with van der Waals surface area (Å²) in [6, 6.07) is 8.64. The Labute approximate surface area is 163 Å². The predicted molar refractivity (Wildman–Crippen MR) is 103 cm³/mol. The van der Waals surface area contributed by atoms with Crippen LogP contribution in [0.2, 0.25) is 0 Å². The van der Waals surface area contributed by atoms with E-state index in [9.17, 15) is 13.2 Å². The van der Waals surface area contributed by atoms with E-state index in [0.29, 0.717) is 38.4 Å². The van der Waals surface area contributed by atoms with E-state index in [1.165, 1.54) is 16.4 Å². The predicted octanol–water partition coefficient (Wildman–Crippen LogP) is 2.57. The Morgan fingerprint density at radius 2 is 1.85 bits per heavy atom. The van der Waals surface area contributed by atoms with Crippen LogP contribution in [0.1, 0.15) is 28.8 Å². The normalized spacial score (nSPS) is 18.4. The van der Waals surface area contributed by atoms with Crippen molar-refractivity contribution in [3.63, 3.8) is 0 Å². The Balaban J connectivity index is 1.51. The topological polar surface area (TPSA) is 66.9 Å². The van der Waals surface area contributed by atoms with Crippen molar-refractivity contribution in [3.8, 4) is 0 Å². The Morgan fingerprint density at radius 1 is 1.15 bits per heavy atom. The number of nitrogens with zero attached hydrogens (tertiary/aromatic N) is 2. The van der Waals surface area contributed by atoms with Gasteiger partial charge in [0.25, 0.3) is 5.91 Å². The zero-order chi connectivity index (χ0) is 18.9. The Kier molecular flexibility index (Phi) is 5.32. The number of hydrogen-bond donors (Lipinski definition) is 0. The van der Waals surface area contributed by atoms with Crippen LogP contribution < -0.4 is 0 Å². The van der Waals surface area contributed by atoms with Crippen molar-refractivity contribution in [2.45, 2.75) is 30.3 Å². The molecule has 0 atom stereocenters. The van der Waals surface area contributed by atoms with Gasteiger partial charge in [0.05, 0.1) is 18.1 Å². The van der Waals surface area contributed by atoms with E-state index < -0.39 is 10.0 Å². The van der Waals surface area contributed by atoms with Crippen molar-refractivity contribution in [3.05, 3.63) is 52.2 Å². The lowest BCUT2D eigenvalue weighted by Gasteiger charge is -2.26. The average Bonchev–Trinajstić information content (AvgIpc) is 3.42. The summed E-state index contributed by atoms with van der Waals surface area (Å²) < 4.78 is 32.1. The van der Waals surface area contributed by atoms with Gasteiger partial charge in [-0.3, -0.25) is 4.79 Å². The third kappa shape index (κ3) is 4.08. The fraction of sp³-hybridized carbons (Fsp3) is 0.421. The first-order chi connectivity index (χ1) is 13.1.